The molecule has 2 aliphatic rings. The Labute approximate surface area is 135 Å². The molecule has 1 aliphatic heterocycles. The second-order valence-electron chi connectivity index (χ2n) is 5.67. The summed E-state index contributed by atoms with van der Waals surface area (Å²) in [5.74, 6) is 0.740. The van der Waals surface area contributed by atoms with Crippen molar-refractivity contribution in [1.82, 2.24) is 15.3 Å². The van der Waals surface area contributed by atoms with Crippen LogP contribution in [0.5, 0.6) is 0 Å². The van der Waals surface area contributed by atoms with Gasteiger partial charge < -0.3 is 15.4 Å². The lowest BCUT2D eigenvalue weighted by atomic mass is 9.93. The number of anilines is 1. The van der Waals surface area contributed by atoms with Gasteiger partial charge in [-0.2, -0.15) is 0 Å². The summed E-state index contributed by atoms with van der Waals surface area (Å²) in [7, 11) is -3.27. The lowest BCUT2D eigenvalue weighted by Gasteiger charge is -2.30. The molecular weight excluding hydrogens is 316 g/mol. The van der Waals surface area contributed by atoms with Crippen LogP contribution in [0.15, 0.2) is 41.2 Å². The van der Waals surface area contributed by atoms with Crippen LogP contribution in [-0.2, 0) is 14.6 Å². The van der Waals surface area contributed by atoms with E-state index < -0.39 is 9.84 Å². The number of morpholine rings is 1. The number of allylic oxidation sites excluding steroid dienone is 2. The summed E-state index contributed by atoms with van der Waals surface area (Å²) >= 11 is 0. The molecule has 3 rings (SSSR count). The van der Waals surface area contributed by atoms with E-state index >= 15 is 0 Å². The molecule has 1 saturated heterocycles. The van der Waals surface area contributed by atoms with Gasteiger partial charge in [-0.1, -0.05) is 12.2 Å². The van der Waals surface area contributed by atoms with E-state index in [1.165, 1.54) is 12.4 Å². The molecule has 1 unspecified atom stereocenters. The number of hydrogen-bond acceptors (Lipinski definition) is 7. The third kappa shape index (κ3) is 4.15. The molecule has 1 aromatic rings. The Morgan fingerprint density at radius 2 is 2.13 bits per heavy atom. The molecular formula is C15H20N4O3S. The molecule has 2 N–H and O–H groups in total. The molecule has 1 fully saturated rings. The normalized spacial score (nSPS) is 25.0. The first-order chi connectivity index (χ1) is 11.0. The van der Waals surface area contributed by atoms with Crippen LogP contribution in [0.25, 0.3) is 0 Å². The van der Waals surface area contributed by atoms with Crippen LogP contribution in [0, 0.1) is 5.92 Å². The molecule has 1 aromatic heterocycles. The van der Waals surface area contributed by atoms with Crippen molar-refractivity contribution < 1.29 is 13.2 Å². The van der Waals surface area contributed by atoms with E-state index in [9.17, 15) is 8.42 Å². The molecule has 1 aliphatic carbocycles. The number of nitrogens with one attached hydrogen (secondary N) is 2. The average Bonchev–Trinajstić information content (AvgIpc) is 2.56. The first-order valence-electron chi connectivity index (χ1n) is 7.52. The minimum absolute atomic E-state index is 0.109. The maximum Gasteiger partial charge on any atom is 0.227 e. The first kappa shape index (κ1) is 16.1. The number of rotatable bonds is 4. The Kier molecular flexibility index (Phi) is 4.74. The van der Waals surface area contributed by atoms with E-state index in [2.05, 4.69) is 32.8 Å². The molecule has 0 aromatic carbocycles. The number of nitrogens with zero attached hydrogens (tertiary/aromatic N) is 2. The van der Waals surface area contributed by atoms with Crippen molar-refractivity contribution >= 4 is 15.8 Å². The summed E-state index contributed by atoms with van der Waals surface area (Å²) in [6, 6.07) is 0. The van der Waals surface area contributed by atoms with Crippen LogP contribution in [0.4, 0.5) is 5.95 Å². The zero-order chi connectivity index (χ0) is 16.3. The highest BCUT2D eigenvalue weighted by atomic mass is 32.2. The largest absolute Gasteiger partial charge is 0.375 e. The van der Waals surface area contributed by atoms with Crippen molar-refractivity contribution in [3.63, 3.8) is 0 Å². The van der Waals surface area contributed by atoms with Crippen molar-refractivity contribution in [2.24, 2.45) is 5.92 Å². The Morgan fingerprint density at radius 1 is 1.35 bits per heavy atom. The number of aromatic nitrogens is 2. The van der Waals surface area contributed by atoms with Gasteiger partial charge in [-0.15, -0.1) is 0 Å². The van der Waals surface area contributed by atoms with Crippen LogP contribution in [0.3, 0.4) is 0 Å². The van der Waals surface area contributed by atoms with Gasteiger partial charge in [-0.3, -0.25) is 0 Å². The summed E-state index contributed by atoms with van der Waals surface area (Å²) in [5.41, 5.74) is 0.900. The summed E-state index contributed by atoms with van der Waals surface area (Å²) in [4.78, 5) is 8.18. The molecule has 0 radical (unpaired) electrons. The fraction of sp³-hybridized carbons (Fsp3) is 0.467. The maximum atomic E-state index is 11.4. The molecule has 124 valence electrons. The SMILES string of the molecule is CS(=O)(=O)c1cnc(NC2=CCC([C@H]3CNCCO3)C=C2)nc1. The third-order valence-corrected chi connectivity index (χ3v) is 4.95. The zero-order valence-electron chi connectivity index (χ0n) is 12.9. The summed E-state index contributed by atoms with van der Waals surface area (Å²) in [6.07, 6.45) is 11.0. The number of ether oxygens (including phenoxy) is 1. The van der Waals surface area contributed by atoms with E-state index in [1.807, 2.05) is 6.08 Å². The van der Waals surface area contributed by atoms with Gasteiger partial charge >= 0.3 is 0 Å². The van der Waals surface area contributed by atoms with Gasteiger partial charge in [-0.25, -0.2) is 18.4 Å². The standard InChI is InChI=1S/C15H20N4O3S/c1-23(20,21)13-8-17-15(18-9-13)19-12-4-2-11(3-5-12)14-10-16-6-7-22-14/h2,4-5,8-9,11,14,16H,3,6-7,10H2,1H3,(H,17,18,19)/t11?,14-/m1/s1. The minimum atomic E-state index is -3.27. The van der Waals surface area contributed by atoms with E-state index in [4.69, 9.17) is 4.74 Å². The van der Waals surface area contributed by atoms with Crippen LogP contribution in [0.1, 0.15) is 6.42 Å². The van der Waals surface area contributed by atoms with Crippen LogP contribution in [0.2, 0.25) is 0 Å². The maximum absolute atomic E-state index is 11.4. The van der Waals surface area contributed by atoms with Gasteiger partial charge in [0.25, 0.3) is 0 Å². The molecule has 0 spiro atoms. The van der Waals surface area contributed by atoms with Gasteiger partial charge in [0.1, 0.15) is 4.90 Å². The van der Waals surface area contributed by atoms with Gasteiger partial charge in [0.15, 0.2) is 9.84 Å². The quantitative estimate of drug-likeness (QED) is 0.837. The third-order valence-electron chi connectivity index (χ3n) is 3.88. The second-order valence-corrected chi connectivity index (χ2v) is 7.69. The van der Waals surface area contributed by atoms with Crippen LogP contribution in [-0.4, -0.2) is 50.4 Å². The molecule has 2 heterocycles. The fourth-order valence-corrected chi connectivity index (χ4v) is 3.06. The molecule has 2 atom stereocenters. The molecule has 0 amide bonds. The molecule has 0 saturated carbocycles. The topological polar surface area (TPSA) is 93.2 Å². The predicted molar refractivity (Wildman–Crippen MR) is 86.7 cm³/mol. The van der Waals surface area contributed by atoms with Crippen molar-refractivity contribution in [1.29, 1.82) is 0 Å². The van der Waals surface area contributed by atoms with Gasteiger partial charge in [0.05, 0.1) is 25.1 Å². The Bertz CT molecular complexity index is 707. The average molecular weight is 336 g/mol. The Balaban J connectivity index is 1.59. The summed E-state index contributed by atoms with van der Waals surface area (Å²) < 4.78 is 28.5. The first-order valence-corrected chi connectivity index (χ1v) is 9.41. The second kappa shape index (κ2) is 6.77. The Morgan fingerprint density at radius 3 is 2.70 bits per heavy atom. The zero-order valence-corrected chi connectivity index (χ0v) is 13.7. The number of sulfone groups is 1. The van der Waals surface area contributed by atoms with Gasteiger partial charge in [-0.05, 0) is 12.5 Å². The van der Waals surface area contributed by atoms with Crippen LogP contribution >= 0.6 is 0 Å². The summed E-state index contributed by atoms with van der Waals surface area (Å²) in [6.45, 7) is 2.54. The molecule has 7 nitrogen and oxygen atoms in total. The molecule has 8 heteroatoms. The number of hydrogen-bond donors (Lipinski definition) is 2. The van der Waals surface area contributed by atoms with Crippen molar-refractivity contribution in [3.05, 3.63) is 36.3 Å². The van der Waals surface area contributed by atoms with Gasteiger partial charge in [0, 0.05) is 31.0 Å². The van der Waals surface area contributed by atoms with Crippen molar-refractivity contribution in [3.8, 4) is 0 Å². The highest BCUT2D eigenvalue weighted by molar-refractivity contribution is 7.90. The van der Waals surface area contributed by atoms with Crippen molar-refractivity contribution in [2.75, 3.05) is 31.3 Å². The predicted octanol–water partition coefficient (Wildman–Crippen LogP) is 0.740. The van der Waals surface area contributed by atoms with E-state index in [1.54, 1.807) is 0 Å². The lowest BCUT2D eigenvalue weighted by molar-refractivity contribution is 0.00355. The highest BCUT2D eigenvalue weighted by Gasteiger charge is 2.23. The monoisotopic (exact) mass is 336 g/mol. The van der Waals surface area contributed by atoms with Crippen LogP contribution < -0.4 is 10.6 Å². The van der Waals surface area contributed by atoms with E-state index in [-0.39, 0.29) is 11.0 Å². The fourth-order valence-electron chi connectivity index (χ4n) is 2.57. The van der Waals surface area contributed by atoms with Gasteiger partial charge in [0.2, 0.25) is 5.95 Å². The lowest BCUT2D eigenvalue weighted by Crippen LogP contribution is -2.42. The van der Waals surface area contributed by atoms with E-state index in [0.29, 0.717) is 11.9 Å². The summed E-state index contributed by atoms with van der Waals surface area (Å²) in [5, 5.41) is 6.42. The Hall–Kier alpha value is -1.77. The van der Waals surface area contributed by atoms with E-state index in [0.717, 1.165) is 38.1 Å². The van der Waals surface area contributed by atoms with Crippen molar-refractivity contribution in [2.45, 2.75) is 17.4 Å². The molecule has 23 heavy (non-hydrogen) atoms. The highest BCUT2D eigenvalue weighted by Crippen LogP contribution is 2.22. The molecule has 0 bridgehead atoms. The smallest absolute Gasteiger partial charge is 0.227 e. The minimum Gasteiger partial charge on any atom is -0.375 e.